The van der Waals surface area contributed by atoms with E-state index in [0.717, 1.165) is 11.3 Å². The van der Waals surface area contributed by atoms with Crippen LogP contribution in [0.3, 0.4) is 0 Å². The van der Waals surface area contributed by atoms with Crippen LogP contribution in [0.4, 0.5) is 5.69 Å². The van der Waals surface area contributed by atoms with E-state index >= 15 is 0 Å². The topological polar surface area (TPSA) is 44.3 Å². The van der Waals surface area contributed by atoms with E-state index in [-0.39, 0.29) is 5.75 Å². The Bertz CT molecular complexity index is 488. The van der Waals surface area contributed by atoms with Crippen LogP contribution in [0, 0.1) is 0 Å². The standard InChI is InChI=1S/C13H13BrN2O/c14-12-8-10(6-7-13(12)17)9-15-16-11-4-2-1-3-5-11/h1-8,15-17H,9H2. The second kappa shape index (κ2) is 5.70. The van der Waals surface area contributed by atoms with E-state index in [1.165, 1.54) is 0 Å². The van der Waals surface area contributed by atoms with Crippen LogP contribution in [0.15, 0.2) is 53.0 Å². The first-order valence-corrected chi connectivity index (χ1v) is 6.06. The fourth-order valence-corrected chi connectivity index (χ4v) is 1.86. The summed E-state index contributed by atoms with van der Waals surface area (Å²) >= 11 is 3.28. The first kappa shape index (κ1) is 12.0. The van der Waals surface area contributed by atoms with Crippen LogP contribution in [-0.4, -0.2) is 5.11 Å². The molecule has 0 bridgehead atoms. The molecule has 2 aromatic rings. The van der Waals surface area contributed by atoms with Crippen LogP contribution < -0.4 is 10.9 Å². The van der Waals surface area contributed by atoms with Gasteiger partial charge < -0.3 is 10.5 Å². The molecule has 2 rings (SSSR count). The van der Waals surface area contributed by atoms with Crippen molar-refractivity contribution in [3.63, 3.8) is 0 Å². The molecule has 0 heterocycles. The quantitative estimate of drug-likeness (QED) is 0.758. The summed E-state index contributed by atoms with van der Waals surface area (Å²) in [5, 5.41) is 9.36. The number of phenols is 1. The Morgan fingerprint density at radius 3 is 2.53 bits per heavy atom. The van der Waals surface area contributed by atoms with Crippen LogP contribution in [0.2, 0.25) is 0 Å². The van der Waals surface area contributed by atoms with E-state index < -0.39 is 0 Å². The van der Waals surface area contributed by atoms with Crippen molar-refractivity contribution in [1.29, 1.82) is 0 Å². The van der Waals surface area contributed by atoms with Gasteiger partial charge in [-0.1, -0.05) is 24.3 Å². The zero-order valence-electron chi connectivity index (χ0n) is 9.15. The van der Waals surface area contributed by atoms with Crippen molar-refractivity contribution in [2.75, 3.05) is 5.43 Å². The zero-order valence-corrected chi connectivity index (χ0v) is 10.7. The maximum atomic E-state index is 9.36. The average Bonchev–Trinajstić information content (AvgIpc) is 2.35. The molecule has 0 spiro atoms. The molecule has 0 aliphatic carbocycles. The molecular weight excluding hydrogens is 280 g/mol. The van der Waals surface area contributed by atoms with E-state index in [1.807, 2.05) is 42.5 Å². The molecule has 0 aliphatic rings. The van der Waals surface area contributed by atoms with Gasteiger partial charge in [-0.05, 0) is 45.8 Å². The monoisotopic (exact) mass is 292 g/mol. The second-order valence-corrected chi connectivity index (χ2v) is 4.48. The van der Waals surface area contributed by atoms with Gasteiger partial charge >= 0.3 is 0 Å². The fraction of sp³-hybridized carbons (Fsp3) is 0.0769. The van der Waals surface area contributed by atoms with Crippen molar-refractivity contribution in [2.24, 2.45) is 0 Å². The number of phenolic OH excluding ortho intramolecular Hbond substituents is 1. The molecule has 17 heavy (non-hydrogen) atoms. The van der Waals surface area contributed by atoms with Gasteiger partial charge in [0.05, 0.1) is 4.47 Å². The number of rotatable bonds is 4. The average molecular weight is 293 g/mol. The molecule has 0 saturated carbocycles. The Kier molecular flexibility index (Phi) is 4.01. The largest absolute Gasteiger partial charge is 0.507 e. The van der Waals surface area contributed by atoms with Gasteiger partial charge in [0.1, 0.15) is 5.75 Å². The number of nitrogens with one attached hydrogen (secondary N) is 2. The number of para-hydroxylation sites is 1. The predicted octanol–water partition coefficient (Wildman–Crippen LogP) is 3.27. The molecule has 3 N–H and O–H groups in total. The van der Waals surface area contributed by atoms with E-state index in [4.69, 9.17) is 0 Å². The minimum atomic E-state index is 0.254. The van der Waals surface area contributed by atoms with Gasteiger partial charge in [0, 0.05) is 12.2 Å². The Labute approximate surface area is 109 Å². The summed E-state index contributed by atoms with van der Waals surface area (Å²) in [6, 6.07) is 15.3. The zero-order chi connectivity index (χ0) is 12.1. The lowest BCUT2D eigenvalue weighted by Gasteiger charge is -2.08. The third-order valence-corrected chi connectivity index (χ3v) is 2.95. The summed E-state index contributed by atoms with van der Waals surface area (Å²) in [5.74, 6) is 0.254. The summed E-state index contributed by atoms with van der Waals surface area (Å²) in [4.78, 5) is 0. The number of hydrazine groups is 1. The maximum Gasteiger partial charge on any atom is 0.129 e. The molecule has 0 amide bonds. The summed E-state index contributed by atoms with van der Waals surface area (Å²) in [7, 11) is 0. The van der Waals surface area contributed by atoms with Gasteiger partial charge in [-0.15, -0.1) is 0 Å². The maximum absolute atomic E-state index is 9.36. The van der Waals surface area contributed by atoms with Crippen LogP contribution in [0.25, 0.3) is 0 Å². The summed E-state index contributed by atoms with van der Waals surface area (Å²) in [6.07, 6.45) is 0. The van der Waals surface area contributed by atoms with E-state index in [2.05, 4.69) is 26.8 Å². The third kappa shape index (κ3) is 3.47. The number of halogens is 1. The van der Waals surface area contributed by atoms with Crippen molar-refractivity contribution in [3.05, 3.63) is 58.6 Å². The van der Waals surface area contributed by atoms with Crippen molar-refractivity contribution in [2.45, 2.75) is 6.54 Å². The summed E-state index contributed by atoms with van der Waals surface area (Å²) < 4.78 is 0.705. The third-order valence-electron chi connectivity index (χ3n) is 2.31. The number of aromatic hydroxyl groups is 1. The van der Waals surface area contributed by atoms with Crippen molar-refractivity contribution < 1.29 is 5.11 Å². The molecule has 88 valence electrons. The smallest absolute Gasteiger partial charge is 0.129 e. The van der Waals surface area contributed by atoms with Crippen LogP contribution >= 0.6 is 15.9 Å². The number of anilines is 1. The summed E-state index contributed by atoms with van der Waals surface area (Å²) in [6.45, 7) is 0.674. The normalized spacial score (nSPS) is 10.2. The van der Waals surface area contributed by atoms with Gasteiger partial charge in [0.15, 0.2) is 0 Å². The van der Waals surface area contributed by atoms with Crippen molar-refractivity contribution in [1.82, 2.24) is 5.43 Å². The van der Waals surface area contributed by atoms with Crippen LogP contribution in [0.1, 0.15) is 5.56 Å². The van der Waals surface area contributed by atoms with Crippen molar-refractivity contribution >= 4 is 21.6 Å². The SMILES string of the molecule is Oc1ccc(CNNc2ccccc2)cc1Br. The molecule has 2 aromatic carbocycles. The molecular formula is C13H13BrN2O. The predicted molar refractivity (Wildman–Crippen MR) is 72.7 cm³/mol. The molecule has 0 aromatic heterocycles. The molecule has 3 nitrogen and oxygen atoms in total. The number of benzene rings is 2. The van der Waals surface area contributed by atoms with Gasteiger partial charge in [-0.2, -0.15) is 0 Å². The first-order chi connectivity index (χ1) is 8.25. The lowest BCUT2D eigenvalue weighted by atomic mass is 10.2. The Morgan fingerprint density at radius 1 is 1.06 bits per heavy atom. The Hall–Kier alpha value is -1.52. The Morgan fingerprint density at radius 2 is 1.82 bits per heavy atom. The van der Waals surface area contributed by atoms with Crippen LogP contribution in [-0.2, 0) is 6.54 Å². The first-order valence-electron chi connectivity index (χ1n) is 5.27. The van der Waals surface area contributed by atoms with E-state index in [9.17, 15) is 5.11 Å². The van der Waals surface area contributed by atoms with E-state index in [0.29, 0.717) is 11.0 Å². The van der Waals surface area contributed by atoms with E-state index in [1.54, 1.807) is 6.07 Å². The minimum absolute atomic E-state index is 0.254. The molecule has 0 radical (unpaired) electrons. The summed E-state index contributed by atoms with van der Waals surface area (Å²) in [5.41, 5.74) is 8.31. The molecule has 0 atom stereocenters. The molecule has 0 saturated heterocycles. The highest BCUT2D eigenvalue weighted by molar-refractivity contribution is 9.10. The van der Waals surface area contributed by atoms with Gasteiger partial charge in [-0.3, -0.25) is 0 Å². The van der Waals surface area contributed by atoms with Gasteiger partial charge in [0.25, 0.3) is 0 Å². The number of hydrogen-bond donors (Lipinski definition) is 3. The molecule has 0 unspecified atom stereocenters. The molecule has 0 fully saturated rings. The highest BCUT2D eigenvalue weighted by Crippen LogP contribution is 2.24. The second-order valence-electron chi connectivity index (χ2n) is 3.63. The highest BCUT2D eigenvalue weighted by Gasteiger charge is 1.99. The fourth-order valence-electron chi connectivity index (χ4n) is 1.43. The number of hydrogen-bond acceptors (Lipinski definition) is 3. The van der Waals surface area contributed by atoms with Crippen molar-refractivity contribution in [3.8, 4) is 5.75 Å². The van der Waals surface area contributed by atoms with Gasteiger partial charge in [0.2, 0.25) is 0 Å². The minimum Gasteiger partial charge on any atom is -0.507 e. The lowest BCUT2D eigenvalue weighted by molar-refractivity contribution is 0.471. The Balaban J connectivity index is 1.88. The lowest BCUT2D eigenvalue weighted by Crippen LogP contribution is -2.20. The van der Waals surface area contributed by atoms with Crippen LogP contribution in [0.5, 0.6) is 5.75 Å². The molecule has 4 heteroatoms. The highest BCUT2D eigenvalue weighted by atomic mass is 79.9. The van der Waals surface area contributed by atoms with Gasteiger partial charge in [-0.25, -0.2) is 5.43 Å². The molecule has 0 aliphatic heterocycles.